The Labute approximate surface area is 115 Å². The van der Waals surface area contributed by atoms with Gasteiger partial charge >= 0.3 is 0 Å². The van der Waals surface area contributed by atoms with E-state index in [-0.39, 0.29) is 6.10 Å². The molecule has 2 aliphatic carbocycles. The highest BCUT2D eigenvalue weighted by molar-refractivity contribution is 5.35. The molecule has 104 valence electrons. The largest absolute Gasteiger partial charge is 0.386 e. The number of rotatable bonds is 4. The number of ether oxygens (including phenoxy) is 1. The second-order valence-corrected chi connectivity index (χ2v) is 6.21. The fraction of sp³-hybridized carbons (Fsp3) is 0.647. The smallest absolute Gasteiger partial charge is 0.105 e. The zero-order valence-electron chi connectivity index (χ0n) is 11.7. The Bertz CT molecular complexity index is 425. The lowest BCUT2D eigenvalue weighted by molar-refractivity contribution is -0.0576. The number of benzene rings is 1. The van der Waals surface area contributed by atoms with Gasteiger partial charge in [0.2, 0.25) is 0 Å². The summed E-state index contributed by atoms with van der Waals surface area (Å²) in [6.45, 7) is 3.04. The minimum atomic E-state index is -0.450. The average molecular weight is 260 g/mol. The second-order valence-electron chi connectivity index (χ2n) is 6.21. The van der Waals surface area contributed by atoms with E-state index in [1.54, 1.807) is 0 Å². The molecule has 0 saturated heterocycles. The first-order valence-corrected chi connectivity index (χ1v) is 7.64. The van der Waals surface area contributed by atoms with Crippen molar-refractivity contribution in [2.75, 3.05) is 6.61 Å². The molecule has 0 aliphatic heterocycles. The Kier molecular flexibility index (Phi) is 3.90. The highest BCUT2D eigenvalue weighted by Gasteiger charge is 2.32. The number of hydrogen-bond acceptors (Lipinski definition) is 2. The topological polar surface area (TPSA) is 29.5 Å². The molecule has 0 bridgehead atoms. The van der Waals surface area contributed by atoms with Crippen molar-refractivity contribution in [3.8, 4) is 0 Å². The van der Waals surface area contributed by atoms with Gasteiger partial charge in [-0.15, -0.1) is 0 Å². The Morgan fingerprint density at radius 1 is 1.21 bits per heavy atom. The van der Waals surface area contributed by atoms with Gasteiger partial charge in [0.25, 0.3) is 0 Å². The van der Waals surface area contributed by atoms with Gasteiger partial charge in [-0.1, -0.05) is 50.5 Å². The summed E-state index contributed by atoms with van der Waals surface area (Å²) < 4.78 is 5.98. The molecule has 2 heteroatoms. The summed E-state index contributed by atoms with van der Waals surface area (Å²) in [6, 6.07) is 8.23. The maximum Gasteiger partial charge on any atom is 0.105 e. The molecule has 2 nitrogen and oxygen atoms in total. The van der Waals surface area contributed by atoms with Crippen LogP contribution in [-0.2, 0) is 4.74 Å². The minimum Gasteiger partial charge on any atom is -0.386 e. The average Bonchev–Trinajstić information content (AvgIpc) is 2.38. The quantitative estimate of drug-likeness (QED) is 0.892. The molecule has 1 fully saturated rings. The summed E-state index contributed by atoms with van der Waals surface area (Å²) in [5, 5.41) is 10.5. The number of aliphatic hydroxyl groups is 1. The molecular formula is C17H24O2. The molecule has 0 spiro atoms. The highest BCUT2D eigenvalue weighted by atomic mass is 16.5. The lowest BCUT2D eigenvalue weighted by Crippen LogP contribution is -2.30. The van der Waals surface area contributed by atoms with E-state index in [1.807, 2.05) is 12.1 Å². The summed E-state index contributed by atoms with van der Waals surface area (Å²) in [4.78, 5) is 0. The summed E-state index contributed by atoms with van der Waals surface area (Å²) in [5.41, 5.74) is 2.35. The Morgan fingerprint density at radius 3 is 2.63 bits per heavy atom. The molecule has 2 aliphatic rings. The lowest BCUT2D eigenvalue weighted by Gasteiger charge is -2.34. The molecule has 0 amide bonds. The zero-order valence-corrected chi connectivity index (χ0v) is 11.7. The SMILES string of the molecule is CC1CC(OCCC2CCC2)C(O)c2ccccc21. The maximum atomic E-state index is 10.5. The molecular weight excluding hydrogens is 236 g/mol. The molecule has 3 unspecified atom stereocenters. The van der Waals surface area contributed by atoms with Gasteiger partial charge in [-0.25, -0.2) is 0 Å². The van der Waals surface area contributed by atoms with Gasteiger partial charge in [0.1, 0.15) is 6.10 Å². The van der Waals surface area contributed by atoms with Crippen molar-refractivity contribution in [2.45, 2.75) is 57.2 Å². The molecule has 0 heterocycles. The Morgan fingerprint density at radius 2 is 1.95 bits per heavy atom. The van der Waals surface area contributed by atoms with E-state index in [0.717, 1.165) is 24.5 Å². The molecule has 1 aromatic rings. The van der Waals surface area contributed by atoms with E-state index < -0.39 is 6.10 Å². The van der Waals surface area contributed by atoms with Crippen LogP contribution in [0, 0.1) is 5.92 Å². The molecule has 3 rings (SSSR count). The van der Waals surface area contributed by atoms with Crippen LogP contribution in [0.5, 0.6) is 0 Å². The fourth-order valence-electron chi connectivity index (χ4n) is 3.36. The Hall–Kier alpha value is -0.860. The van der Waals surface area contributed by atoms with Crippen LogP contribution in [0.1, 0.15) is 62.2 Å². The first-order valence-electron chi connectivity index (χ1n) is 7.64. The van der Waals surface area contributed by atoms with E-state index in [1.165, 1.54) is 31.2 Å². The normalized spacial score (nSPS) is 30.7. The van der Waals surface area contributed by atoms with Gasteiger partial charge in [-0.2, -0.15) is 0 Å². The summed E-state index contributed by atoms with van der Waals surface area (Å²) in [5.74, 6) is 1.36. The molecule has 1 saturated carbocycles. The number of aliphatic hydroxyl groups excluding tert-OH is 1. The van der Waals surface area contributed by atoms with E-state index >= 15 is 0 Å². The predicted octanol–water partition coefficient (Wildman–Crippen LogP) is 3.80. The van der Waals surface area contributed by atoms with Crippen molar-refractivity contribution in [1.82, 2.24) is 0 Å². The first-order chi connectivity index (χ1) is 9.25. The van der Waals surface area contributed by atoms with Crippen molar-refractivity contribution >= 4 is 0 Å². The molecule has 19 heavy (non-hydrogen) atoms. The first kappa shape index (κ1) is 13.1. The van der Waals surface area contributed by atoms with Gasteiger partial charge in [-0.05, 0) is 35.8 Å². The van der Waals surface area contributed by atoms with E-state index in [0.29, 0.717) is 5.92 Å². The van der Waals surface area contributed by atoms with Crippen LogP contribution in [-0.4, -0.2) is 17.8 Å². The van der Waals surface area contributed by atoms with Crippen LogP contribution >= 0.6 is 0 Å². The zero-order chi connectivity index (χ0) is 13.2. The molecule has 0 radical (unpaired) electrons. The van der Waals surface area contributed by atoms with E-state index in [9.17, 15) is 5.11 Å². The van der Waals surface area contributed by atoms with E-state index in [4.69, 9.17) is 4.74 Å². The van der Waals surface area contributed by atoms with Crippen LogP contribution in [0.4, 0.5) is 0 Å². The van der Waals surface area contributed by atoms with Crippen molar-refractivity contribution in [3.05, 3.63) is 35.4 Å². The third kappa shape index (κ3) is 2.70. The maximum absolute atomic E-state index is 10.5. The summed E-state index contributed by atoms with van der Waals surface area (Å²) in [6.07, 6.45) is 5.76. The number of fused-ring (bicyclic) bond motifs is 1. The van der Waals surface area contributed by atoms with Crippen molar-refractivity contribution in [2.24, 2.45) is 5.92 Å². The Balaban J connectivity index is 1.61. The molecule has 1 N–H and O–H groups in total. The van der Waals surface area contributed by atoms with Crippen LogP contribution in [0.25, 0.3) is 0 Å². The minimum absolute atomic E-state index is 0.0232. The second kappa shape index (κ2) is 5.64. The van der Waals surface area contributed by atoms with Crippen molar-refractivity contribution < 1.29 is 9.84 Å². The summed E-state index contributed by atoms with van der Waals surface area (Å²) >= 11 is 0. The predicted molar refractivity (Wildman–Crippen MR) is 76.1 cm³/mol. The van der Waals surface area contributed by atoms with Gasteiger partial charge < -0.3 is 9.84 Å². The summed E-state index contributed by atoms with van der Waals surface area (Å²) in [7, 11) is 0. The molecule has 3 atom stereocenters. The third-order valence-corrected chi connectivity index (χ3v) is 4.87. The van der Waals surface area contributed by atoms with Gasteiger partial charge in [-0.3, -0.25) is 0 Å². The van der Waals surface area contributed by atoms with Crippen molar-refractivity contribution in [3.63, 3.8) is 0 Å². The van der Waals surface area contributed by atoms with Gasteiger partial charge in [0.05, 0.1) is 6.10 Å². The van der Waals surface area contributed by atoms with Crippen LogP contribution < -0.4 is 0 Å². The standard InChI is InChI=1S/C17H24O2/c1-12-11-16(19-10-9-13-5-4-6-13)17(18)15-8-3-2-7-14(12)15/h2-3,7-8,12-13,16-18H,4-6,9-11H2,1H3. The lowest BCUT2D eigenvalue weighted by atomic mass is 9.80. The molecule has 0 aromatic heterocycles. The highest BCUT2D eigenvalue weighted by Crippen LogP contribution is 2.39. The third-order valence-electron chi connectivity index (χ3n) is 4.87. The number of hydrogen-bond donors (Lipinski definition) is 1. The fourth-order valence-corrected chi connectivity index (χ4v) is 3.36. The monoisotopic (exact) mass is 260 g/mol. The van der Waals surface area contributed by atoms with Crippen LogP contribution in [0.2, 0.25) is 0 Å². The van der Waals surface area contributed by atoms with E-state index in [2.05, 4.69) is 19.1 Å². The van der Waals surface area contributed by atoms with Crippen LogP contribution in [0.3, 0.4) is 0 Å². The van der Waals surface area contributed by atoms with Crippen molar-refractivity contribution in [1.29, 1.82) is 0 Å². The molecule has 1 aromatic carbocycles. The van der Waals surface area contributed by atoms with Gasteiger partial charge in [0, 0.05) is 6.61 Å². The van der Waals surface area contributed by atoms with Crippen LogP contribution in [0.15, 0.2) is 24.3 Å². The van der Waals surface area contributed by atoms with Gasteiger partial charge in [0.15, 0.2) is 0 Å².